The van der Waals surface area contributed by atoms with Gasteiger partial charge in [0.1, 0.15) is 5.78 Å². The van der Waals surface area contributed by atoms with Crippen molar-refractivity contribution in [3.05, 3.63) is 0 Å². The van der Waals surface area contributed by atoms with E-state index >= 15 is 0 Å². The lowest BCUT2D eigenvalue weighted by atomic mass is 10.2. The molecule has 0 aromatic rings. The number of halogens is 7. The molecule has 0 heterocycles. The van der Waals surface area contributed by atoms with Crippen molar-refractivity contribution in [3.8, 4) is 0 Å². The number of amides is 2. The van der Waals surface area contributed by atoms with E-state index in [-0.39, 0.29) is 42.6 Å². The molecular formula is C27H68BF7N7O6. The first kappa shape index (κ1) is 80.0. The molecule has 21 heteroatoms. The van der Waals surface area contributed by atoms with Crippen molar-refractivity contribution in [1.29, 1.82) is 0 Å². The highest BCUT2D eigenvalue weighted by Gasteiger charge is 2.39. The zero-order valence-electron chi connectivity index (χ0n) is 27.8. The van der Waals surface area contributed by atoms with Crippen LogP contribution in [-0.4, -0.2) is 90.1 Å². The van der Waals surface area contributed by atoms with Gasteiger partial charge >= 0.3 is 24.2 Å². The Balaban J connectivity index is -0.0000000295. The van der Waals surface area contributed by atoms with Crippen molar-refractivity contribution in [2.24, 2.45) is 27.7 Å². The van der Waals surface area contributed by atoms with E-state index < -0.39 is 36.3 Å². The van der Waals surface area contributed by atoms with Gasteiger partial charge in [-0.15, -0.1) is 0 Å². The lowest BCUT2D eigenvalue weighted by molar-refractivity contribution is -0.174. The summed E-state index contributed by atoms with van der Waals surface area (Å²) in [6.07, 6.45) is -8.50. The smallest absolute Gasteiger partial charge is 0.411 e. The fourth-order valence-electron chi connectivity index (χ4n) is 1.15. The molecule has 0 aliphatic heterocycles. The predicted molar refractivity (Wildman–Crippen MR) is 185 cm³/mol. The number of nitrogens with zero attached hydrogens (tertiary/aromatic N) is 2. The first-order chi connectivity index (χ1) is 19.2. The van der Waals surface area contributed by atoms with E-state index in [9.17, 15) is 40.7 Å². The second-order valence-corrected chi connectivity index (χ2v) is 9.18. The Morgan fingerprint density at radius 1 is 0.729 bits per heavy atom. The SMILES string of the molecule is C.C.C.CC(C)=NO.CC(C)=NO.CC(C)=O.CC(C)N.CC(C)NC(=O)C(F)(F)F.CC(CCCN)NC(=O)C(F)(F)F.F.NO.[3HH].[B]. The molecule has 0 bridgehead atoms. The van der Waals surface area contributed by atoms with Crippen LogP contribution in [0.1, 0.15) is 113 Å². The normalized spacial score (nSPS) is 9.06. The molecular weight excluding hydrogens is 662 g/mol. The van der Waals surface area contributed by atoms with Gasteiger partial charge in [-0.25, -0.2) is 5.90 Å². The van der Waals surface area contributed by atoms with Crippen molar-refractivity contribution in [3.63, 3.8) is 0 Å². The van der Waals surface area contributed by atoms with Crippen LogP contribution in [0.15, 0.2) is 10.3 Å². The Hall–Kier alpha value is -3.04. The largest absolute Gasteiger partial charge is 0.471 e. The number of carbonyl (C=O) groups excluding carboxylic acids is 3. The summed E-state index contributed by atoms with van der Waals surface area (Å²) in [7, 11) is 0. The fourth-order valence-corrected chi connectivity index (χ4v) is 1.15. The number of carbonyl (C=O) groups is 3. The predicted octanol–water partition coefficient (Wildman–Crippen LogP) is 5.79. The maximum atomic E-state index is 11.7. The Bertz CT molecular complexity index is 723. The molecule has 1 atom stereocenters. The number of ketones is 1. The minimum Gasteiger partial charge on any atom is -0.411 e. The van der Waals surface area contributed by atoms with Gasteiger partial charge in [0.15, 0.2) is 0 Å². The highest BCUT2D eigenvalue weighted by atomic mass is 19.4. The fraction of sp³-hybridized carbons (Fsp3) is 0.815. The van der Waals surface area contributed by atoms with Crippen molar-refractivity contribution in [2.45, 2.75) is 142 Å². The topological polar surface area (TPSA) is 239 Å². The molecule has 13 nitrogen and oxygen atoms in total. The third-order valence-electron chi connectivity index (χ3n) is 2.55. The Kier molecular flexibility index (Phi) is 84.7. The van der Waals surface area contributed by atoms with E-state index in [0.717, 1.165) is 0 Å². The molecule has 0 saturated carbocycles. The van der Waals surface area contributed by atoms with Crippen molar-refractivity contribution in [1.82, 2.24) is 10.6 Å². The first-order valence-corrected chi connectivity index (χ1v) is 12.5. The van der Waals surface area contributed by atoms with Crippen LogP contribution < -0.4 is 28.0 Å². The Morgan fingerprint density at radius 3 is 1.06 bits per heavy atom. The molecule has 0 aromatic heterocycles. The summed E-state index contributed by atoms with van der Waals surface area (Å²) in [5.41, 5.74) is 11.6. The van der Waals surface area contributed by atoms with Gasteiger partial charge < -0.3 is 42.5 Å². The molecule has 48 heavy (non-hydrogen) atoms. The van der Waals surface area contributed by atoms with E-state index in [0.29, 0.717) is 36.9 Å². The van der Waals surface area contributed by atoms with Gasteiger partial charge in [0.05, 0.1) is 11.4 Å². The molecule has 0 aromatic carbocycles. The third-order valence-corrected chi connectivity index (χ3v) is 2.55. The number of hydrogen-bond donors (Lipinski definition) is 8. The molecule has 0 aliphatic carbocycles. The summed E-state index contributed by atoms with van der Waals surface area (Å²) < 4.78 is 69.3. The summed E-state index contributed by atoms with van der Waals surface area (Å²) in [5, 5.41) is 31.1. The second-order valence-electron chi connectivity index (χ2n) is 9.18. The zero-order chi connectivity index (χ0) is 36.6. The standard InChI is InChI=1S/C7H13F3N2O.C5H8F3NO.2C3H7NO.C3H9N.C3H6O.3CH4.B.FH.H3NO.H2/c1-5(3-2-4-11)12-6(13)7(8,9)10;1-3(2)9-4(10)5(6,7)8;2*1-3(2)4-5;2*1-3(2)4;;;;;;1-2;/h5H,2-4,11H2,1H3,(H,12,13);3H,1-2H3,(H,9,10);2*5H,1-2H3;3H,4H2,1-2H3;1-2H3;3*1H4;;1H;2H,1H2;1H/i;;;;;;;;;;;;1+2. The molecule has 0 rings (SSSR count). The molecule has 0 fully saturated rings. The molecule has 0 saturated heterocycles. The van der Waals surface area contributed by atoms with Crippen LogP contribution in [-0.2, 0) is 14.4 Å². The maximum absolute atomic E-state index is 11.7. The van der Waals surface area contributed by atoms with Gasteiger partial charge in [0, 0.05) is 21.9 Å². The van der Waals surface area contributed by atoms with Gasteiger partial charge in [-0.05, 0) is 87.7 Å². The quantitative estimate of drug-likeness (QED) is 0.0561. The summed E-state index contributed by atoms with van der Waals surface area (Å²) in [4.78, 5) is 29.9. The molecule has 11 N–H and O–H groups in total. The van der Waals surface area contributed by atoms with Gasteiger partial charge in [0.2, 0.25) is 0 Å². The van der Waals surface area contributed by atoms with Crippen LogP contribution in [0, 0.1) is 0 Å². The van der Waals surface area contributed by atoms with Crippen molar-refractivity contribution >= 4 is 37.4 Å². The number of nitrogens with one attached hydrogen (secondary N) is 2. The van der Waals surface area contributed by atoms with E-state index in [4.69, 9.17) is 27.1 Å². The zero-order valence-corrected chi connectivity index (χ0v) is 27.8. The number of rotatable bonds is 5. The molecule has 0 aliphatic rings. The van der Waals surface area contributed by atoms with Crippen LogP contribution in [0.2, 0.25) is 0 Å². The van der Waals surface area contributed by atoms with Gasteiger partial charge in [0.25, 0.3) is 0 Å². The van der Waals surface area contributed by atoms with Crippen LogP contribution >= 0.6 is 0 Å². The van der Waals surface area contributed by atoms with E-state index in [2.05, 4.69) is 16.2 Å². The number of alkyl halides is 6. The average molecular weight is 733 g/mol. The summed E-state index contributed by atoms with van der Waals surface area (Å²) in [6.45, 7) is 18.7. The minimum absolute atomic E-state index is 0. The number of oxime groups is 2. The van der Waals surface area contributed by atoms with Crippen molar-refractivity contribution < 1.29 is 62.5 Å². The van der Waals surface area contributed by atoms with E-state index in [1.54, 1.807) is 33.0 Å². The van der Waals surface area contributed by atoms with E-state index in [1.165, 1.54) is 34.6 Å². The monoisotopic (exact) mass is 733 g/mol. The highest BCUT2D eigenvalue weighted by Crippen LogP contribution is 2.15. The van der Waals surface area contributed by atoms with Crippen molar-refractivity contribution in [2.75, 3.05) is 6.54 Å². The summed E-state index contributed by atoms with van der Waals surface area (Å²) in [6, 6.07) is -0.633. The van der Waals surface area contributed by atoms with Crippen LogP contribution in [0.5, 0.6) is 0 Å². The molecule has 299 valence electrons. The molecule has 0 spiro atoms. The van der Waals surface area contributed by atoms with Crippen LogP contribution in [0.3, 0.4) is 0 Å². The minimum atomic E-state index is -4.79. The Labute approximate surface area is 286 Å². The first-order valence-electron chi connectivity index (χ1n) is 12.5. The summed E-state index contributed by atoms with van der Waals surface area (Å²) >= 11 is 0. The maximum Gasteiger partial charge on any atom is 0.471 e. The lowest BCUT2D eigenvalue weighted by Crippen LogP contribution is -2.41. The van der Waals surface area contributed by atoms with Crippen LogP contribution in [0.4, 0.5) is 31.0 Å². The number of nitrogens with two attached hydrogens (primary N) is 3. The number of Topliss-reactive ketones (excluding diaryl/α,β-unsaturated/α-hetero) is 1. The highest BCUT2D eigenvalue weighted by molar-refractivity contribution is 5.82. The molecule has 1 unspecified atom stereocenters. The second kappa shape index (κ2) is 50.8. The van der Waals surface area contributed by atoms with Gasteiger partial charge in [-0.3, -0.25) is 14.3 Å². The van der Waals surface area contributed by atoms with Gasteiger partial charge in [-0.2, -0.15) is 26.3 Å². The van der Waals surface area contributed by atoms with Crippen LogP contribution in [0.25, 0.3) is 0 Å². The van der Waals surface area contributed by atoms with Gasteiger partial charge in [-0.1, -0.05) is 46.4 Å². The molecule has 2 amide bonds. The number of hydrogen-bond acceptors (Lipinski definition) is 11. The summed E-state index contributed by atoms with van der Waals surface area (Å²) in [5.74, 6) is -0.112. The Morgan fingerprint density at radius 2 is 0.938 bits per heavy atom. The van der Waals surface area contributed by atoms with E-state index in [1.807, 2.05) is 19.2 Å². The average Bonchev–Trinajstić information content (AvgIpc) is 2.82. The molecule has 3 radical (unpaired) electrons. The third kappa shape index (κ3) is 121. The lowest BCUT2D eigenvalue weighted by Gasteiger charge is -2.14.